The van der Waals surface area contributed by atoms with Crippen molar-refractivity contribution in [3.05, 3.63) is 59.6 Å². The lowest BCUT2D eigenvalue weighted by atomic mass is 10.2. The lowest BCUT2D eigenvalue weighted by molar-refractivity contribution is 0.0670. The van der Waals surface area contributed by atoms with Crippen molar-refractivity contribution < 1.29 is 19.4 Å². The van der Waals surface area contributed by atoms with E-state index in [9.17, 15) is 9.90 Å². The van der Waals surface area contributed by atoms with Crippen molar-refractivity contribution in [2.75, 3.05) is 13.2 Å². The van der Waals surface area contributed by atoms with Crippen LogP contribution in [0, 0.1) is 0 Å². The summed E-state index contributed by atoms with van der Waals surface area (Å²) in [6.45, 7) is 1.48. The van der Waals surface area contributed by atoms with E-state index >= 15 is 0 Å². The SMILES string of the molecule is O=C(c1ccc(Cn2cccn2)o1)N1CCn2nc(C(O)CO)cc2C1. The molecular formula is C17H19N5O4. The number of aromatic nitrogens is 4. The van der Waals surface area contributed by atoms with Crippen molar-refractivity contribution in [1.82, 2.24) is 24.5 Å². The van der Waals surface area contributed by atoms with Crippen molar-refractivity contribution in [2.45, 2.75) is 25.7 Å². The predicted octanol–water partition coefficient (Wildman–Crippen LogP) is 0.403. The summed E-state index contributed by atoms with van der Waals surface area (Å²) in [5, 5.41) is 27.1. The van der Waals surface area contributed by atoms with Crippen molar-refractivity contribution in [3.63, 3.8) is 0 Å². The van der Waals surface area contributed by atoms with Gasteiger partial charge in [0.2, 0.25) is 0 Å². The van der Waals surface area contributed by atoms with Gasteiger partial charge in [-0.15, -0.1) is 0 Å². The Balaban J connectivity index is 1.46. The van der Waals surface area contributed by atoms with Crippen LogP contribution in [0.2, 0.25) is 0 Å². The van der Waals surface area contributed by atoms with Gasteiger partial charge in [0.15, 0.2) is 5.76 Å². The van der Waals surface area contributed by atoms with E-state index in [1.54, 1.807) is 38.7 Å². The molecule has 1 atom stereocenters. The van der Waals surface area contributed by atoms with Gasteiger partial charge in [0.1, 0.15) is 11.9 Å². The molecule has 0 bridgehead atoms. The molecule has 3 aromatic heterocycles. The van der Waals surface area contributed by atoms with Crippen molar-refractivity contribution in [2.24, 2.45) is 0 Å². The fraction of sp³-hybridized carbons (Fsp3) is 0.353. The maximum atomic E-state index is 12.7. The molecule has 1 aliphatic heterocycles. The highest BCUT2D eigenvalue weighted by atomic mass is 16.4. The summed E-state index contributed by atoms with van der Waals surface area (Å²) in [6, 6.07) is 6.99. The molecule has 9 heteroatoms. The minimum absolute atomic E-state index is 0.187. The second kappa shape index (κ2) is 6.77. The summed E-state index contributed by atoms with van der Waals surface area (Å²) >= 11 is 0. The van der Waals surface area contributed by atoms with E-state index in [1.165, 1.54) is 0 Å². The average Bonchev–Trinajstić information content (AvgIpc) is 3.40. The second-order valence-corrected chi connectivity index (χ2v) is 6.18. The summed E-state index contributed by atoms with van der Waals surface area (Å²) in [4.78, 5) is 14.4. The number of nitrogens with zero attached hydrogens (tertiary/aromatic N) is 5. The molecule has 3 aromatic rings. The Morgan fingerprint density at radius 1 is 1.35 bits per heavy atom. The number of aliphatic hydroxyl groups excluding tert-OH is 2. The summed E-state index contributed by atoms with van der Waals surface area (Å²) in [5.74, 6) is 0.761. The quantitative estimate of drug-likeness (QED) is 0.684. The van der Waals surface area contributed by atoms with Crippen LogP contribution in [-0.4, -0.2) is 53.7 Å². The maximum Gasteiger partial charge on any atom is 0.289 e. The Kier molecular flexibility index (Phi) is 4.31. The van der Waals surface area contributed by atoms with Crippen molar-refractivity contribution in [1.29, 1.82) is 0 Å². The highest BCUT2D eigenvalue weighted by molar-refractivity contribution is 5.91. The fourth-order valence-corrected chi connectivity index (χ4v) is 3.01. The average molecular weight is 357 g/mol. The number of amides is 1. The molecule has 0 aromatic carbocycles. The lowest BCUT2D eigenvalue weighted by Gasteiger charge is -2.26. The Morgan fingerprint density at radius 3 is 3.00 bits per heavy atom. The highest BCUT2D eigenvalue weighted by Gasteiger charge is 2.26. The van der Waals surface area contributed by atoms with Crippen LogP contribution in [0.5, 0.6) is 0 Å². The fourth-order valence-electron chi connectivity index (χ4n) is 3.01. The normalized spacial score (nSPS) is 15.1. The lowest BCUT2D eigenvalue weighted by Crippen LogP contribution is -2.38. The van der Waals surface area contributed by atoms with Crippen LogP contribution in [0.1, 0.15) is 33.8 Å². The van der Waals surface area contributed by atoms with E-state index in [0.29, 0.717) is 37.6 Å². The van der Waals surface area contributed by atoms with Gasteiger partial charge in [0, 0.05) is 18.9 Å². The van der Waals surface area contributed by atoms with E-state index in [1.807, 2.05) is 12.3 Å². The first-order chi connectivity index (χ1) is 12.6. The smallest absolute Gasteiger partial charge is 0.289 e. The van der Waals surface area contributed by atoms with Gasteiger partial charge in [-0.05, 0) is 24.3 Å². The molecule has 1 amide bonds. The Labute approximate surface area is 149 Å². The zero-order chi connectivity index (χ0) is 18.1. The van der Waals surface area contributed by atoms with Crippen molar-refractivity contribution >= 4 is 5.91 Å². The van der Waals surface area contributed by atoms with E-state index in [0.717, 1.165) is 5.69 Å². The maximum absolute atomic E-state index is 12.7. The summed E-state index contributed by atoms with van der Waals surface area (Å²) in [7, 11) is 0. The topological polar surface area (TPSA) is 110 Å². The van der Waals surface area contributed by atoms with E-state index in [4.69, 9.17) is 9.52 Å². The number of carbonyl (C=O) groups is 1. The number of fused-ring (bicyclic) bond motifs is 1. The summed E-state index contributed by atoms with van der Waals surface area (Å²) < 4.78 is 9.15. The molecule has 0 spiro atoms. The molecule has 0 aliphatic carbocycles. The van der Waals surface area contributed by atoms with Crippen molar-refractivity contribution in [3.8, 4) is 0 Å². The Hall–Kier alpha value is -2.91. The number of hydrogen-bond donors (Lipinski definition) is 2. The van der Waals surface area contributed by atoms with Crippen LogP contribution in [-0.2, 0) is 19.6 Å². The zero-order valence-electron chi connectivity index (χ0n) is 14.0. The minimum atomic E-state index is -1.01. The number of hydrogen-bond acceptors (Lipinski definition) is 6. The Morgan fingerprint density at radius 2 is 2.23 bits per heavy atom. The number of rotatable bonds is 5. The molecule has 0 radical (unpaired) electrons. The summed E-state index contributed by atoms with van der Waals surface area (Å²) in [6.07, 6.45) is 2.51. The molecule has 9 nitrogen and oxygen atoms in total. The number of aliphatic hydroxyl groups is 2. The van der Waals surface area contributed by atoms with Gasteiger partial charge in [-0.2, -0.15) is 10.2 Å². The largest absolute Gasteiger partial charge is 0.454 e. The van der Waals surface area contributed by atoms with E-state index in [2.05, 4.69) is 10.2 Å². The zero-order valence-corrected chi connectivity index (χ0v) is 14.0. The number of furan rings is 1. The molecule has 4 rings (SSSR count). The minimum Gasteiger partial charge on any atom is -0.454 e. The third-order valence-corrected chi connectivity index (χ3v) is 4.37. The van der Waals surface area contributed by atoms with Crippen LogP contribution >= 0.6 is 0 Å². The molecule has 0 fully saturated rings. The highest BCUT2D eigenvalue weighted by Crippen LogP contribution is 2.20. The van der Waals surface area contributed by atoms with Crippen LogP contribution in [0.3, 0.4) is 0 Å². The van der Waals surface area contributed by atoms with Gasteiger partial charge in [-0.1, -0.05) is 0 Å². The molecular weight excluding hydrogens is 338 g/mol. The molecule has 0 saturated heterocycles. The first-order valence-corrected chi connectivity index (χ1v) is 8.35. The van der Waals surface area contributed by atoms with Gasteiger partial charge < -0.3 is 19.5 Å². The van der Waals surface area contributed by atoms with Gasteiger partial charge in [0.05, 0.1) is 37.6 Å². The number of carbonyl (C=O) groups excluding carboxylic acids is 1. The van der Waals surface area contributed by atoms with Crippen LogP contribution < -0.4 is 0 Å². The van der Waals surface area contributed by atoms with Gasteiger partial charge in [-0.3, -0.25) is 14.2 Å². The molecule has 136 valence electrons. The molecule has 26 heavy (non-hydrogen) atoms. The first-order valence-electron chi connectivity index (χ1n) is 8.35. The van der Waals surface area contributed by atoms with Gasteiger partial charge >= 0.3 is 0 Å². The third kappa shape index (κ3) is 3.14. The van der Waals surface area contributed by atoms with Crippen LogP contribution in [0.25, 0.3) is 0 Å². The molecule has 4 heterocycles. The summed E-state index contributed by atoms with van der Waals surface area (Å²) in [5.41, 5.74) is 1.23. The van der Waals surface area contributed by atoms with Gasteiger partial charge in [0.25, 0.3) is 5.91 Å². The first kappa shape index (κ1) is 16.6. The monoisotopic (exact) mass is 357 g/mol. The Bertz CT molecular complexity index is 898. The predicted molar refractivity (Wildman–Crippen MR) is 89.1 cm³/mol. The van der Waals surface area contributed by atoms with Crippen LogP contribution in [0.4, 0.5) is 0 Å². The third-order valence-electron chi connectivity index (χ3n) is 4.37. The molecule has 2 N–H and O–H groups in total. The molecule has 0 saturated carbocycles. The van der Waals surface area contributed by atoms with E-state index < -0.39 is 6.10 Å². The second-order valence-electron chi connectivity index (χ2n) is 6.18. The molecule has 1 aliphatic rings. The molecule has 1 unspecified atom stereocenters. The van der Waals surface area contributed by atoms with Crippen LogP contribution in [0.15, 0.2) is 41.1 Å². The standard InChI is InChI=1S/C17H19N5O4/c23-11-15(24)14-8-12-9-20(6-7-22(12)19-14)17(25)16-3-2-13(26-16)10-21-5-1-4-18-21/h1-5,8,15,23-24H,6-7,9-11H2. The van der Waals surface area contributed by atoms with E-state index in [-0.39, 0.29) is 18.3 Å². The van der Waals surface area contributed by atoms with Gasteiger partial charge in [-0.25, -0.2) is 0 Å².